The molecule has 0 fully saturated rings. The van der Waals surface area contributed by atoms with Gasteiger partial charge in [-0.05, 0) is 53.8 Å². The molecule has 0 amide bonds. The molecule has 0 aliphatic carbocycles. The Labute approximate surface area is 191 Å². The lowest BCUT2D eigenvalue weighted by atomic mass is 9.98. The number of aromatic nitrogens is 2. The molecule has 0 atom stereocenters. The first-order valence-electron chi connectivity index (χ1n) is 10.5. The minimum absolute atomic E-state index is 0.271. The summed E-state index contributed by atoms with van der Waals surface area (Å²) in [5.74, 6) is 1.06. The van der Waals surface area contributed by atoms with Gasteiger partial charge in [0.25, 0.3) is 0 Å². The van der Waals surface area contributed by atoms with Crippen LogP contribution in [-0.4, -0.2) is 31.2 Å². The molecule has 0 saturated carbocycles. The summed E-state index contributed by atoms with van der Waals surface area (Å²) in [6, 6.07) is 10.1. The van der Waals surface area contributed by atoms with Gasteiger partial charge in [-0.2, -0.15) is 0 Å². The average molecular weight is 464 g/mol. The third-order valence-electron chi connectivity index (χ3n) is 5.98. The van der Waals surface area contributed by atoms with Gasteiger partial charge in [-0.15, -0.1) is 0 Å². The fraction of sp³-hybridized carbons (Fsp3) is 0.200. The molecular weight excluding hydrogens is 441 g/mol. The summed E-state index contributed by atoms with van der Waals surface area (Å²) in [5.41, 5.74) is 4.07. The van der Waals surface area contributed by atoms with E-state index in [1.807, 2.05) is 13.0 Å². The lowest BCUT2D eigenvalue weighted by molar-refractivity contribution is 0.356. The maximum Gasteiger partial charge on any atom is 0.175 e. The molecule has 3 heterocycles. The molecule has 168 valence electrons. The standard InChI is InChI=1S/C25H22FN3O3S/c1-15-11-16(33(2,30)31)3-4-17(15)20-13-28-25(22-12-27-9-7-18(20)22)29-14-21-19-8-10-32-24(19)6-5-23(21)26/h3-7,9,11-13H,8,10,14H2,1-2H3,(H,28,29). The number of aryl methyl sites for hydroxylation is 1. The van der Waals surface area contributed by atoms with Crippen molar-refractivity contribution < 1.29 is 17.5 Å². The maximum atomic E-state index is 14.5. The lowest BCUT2D eigenvalue weighted by Gasteiger charge is -2.15. The van der Waals surface area contributed by atoms with E-state index in [0.717, 1.165) is 38.8 Å². The molecule has 0 spiro atoms. The van der Waals surface area contributed by atoms with Gasteiger partial charge in [-0.1, -0.05) is 6.07 Å². The summed E-state index contributed by atoms with van der Waals surface area (Å²) >= 11 is 0. The quantitative estimate of drug-likeness (QED) is 0.462. The van der Waals surface area contributed by atoms with E-state index in [1.165, 1.54) is 12.3 Å². The van der Waals surface area contributed by atoms with Crippen LogP contribution in [0.1, 0.15) is 16.7 Å². The summed E-state index contributed by atoms with van der Waals surface area (Å²) in [5, 5.41) is 4.98. The van der Waals surface area contributed by atoms with Crippen molar-refractivity contribution in [3.8, 4) is 16.9 Å². The van der Waals surface area contributed by atoms with Crippen molar-refractivity contribution >= 4 is 26.4 Å². The fourth-order valence-electron chi connectivity index (χ4n) is 4.29. The van der Waals surface area contributed by atoms with Gasteiger partial charge in [-0.25, -0.2) is 17.8 Å². The van der Waals surface area contributed by atoms with E-state index in [2.05, 4.69) is 15.3 Å². The first-order chi connectivity index (χ1) is 15.8. The SMILES string of the molecule is Cc1cc(S(C)(=O)=O)ccc1-c1cnc(NCc2c(F)ccc3c2CCO3)c2cnccc12. The predicted molar refractivity (Wildman–Crippen MR) is 126 cm³/mol. The van der Waals surface area contributed by atoms with E-state index in [-0.39, 0.29) is 17.3 Å². The number of anilines is 1. The number of pyridine rings is 2. The Bertz CT molecular complexity index is 1500. The van der Waals surface area contributed by atoms with Crippen molar-refractivity contribution in [2.75, 3.05) is 18.2 Å². The Kier molecular flexibility index (Phi) is 5.25. The number of nitrogens with one attached hydrogen (secondary N) is 1. The van der Waals surface area contributed by atoms with Gasteiger partial charge in [0.15, 0.2) is 9.84 Å². The van der Waals surface area contributed by atoms with Crippen LogP contribution in [-0.2, 0) is 22.8 Å². The first kappa shape index (κ1) is 21.3. The largest absolute Gasteiger partial charge is 0.493 e. The zero-order chi connectivity index (χ0) is 23.2. The van der Waals surface area contributed by atoms with Crippen molar-refractivity contribution in [1.29, 1.82) is 0 Å². The number of nitrogens with zero attached hydrogens (tertiary/aromatic N) is 2. The Morgan fingerprint density at radius 3 is 2.73 bits per heavy atom. The highest BCUT2D eigenvalue weighted by Crippen LogP contribution is 2.35. The summed E-state index contributed by atoms with van der Waals surface area (Å²) in [6.07, 6.45) is 7.06. The second kappa shape index (κ2) is 8.12. The number of hydrogen-bond acceptors (Lipinski definition) is 6. The average Bonchev–Trinajstić information content (AvgIpc) is 3.27. The minimum Gasteiger partial charge on any atom is -0.493 e. The normalized spacial score (nSPS) is 13.1. The van der Waals surface area contributed by atoms with Crippen LogP contribution in [0.5, 0.6) is 5.75 Å². The highest BCUT2D eigenvalue weighted by Gasteiger charge is 2.20. The van der Waals surface area contributed by atoms with Crippen LogP contribution in [0.15, 0.2) is 59.9 Å². The van der Waals surface area contributed by atoms with Gasteiger partial charge in [0, 0.05) is 59.9 Å². The van der Waals surface area contributed by atoms with E-state index in [9.17, 15) is 12.8 Å². The summed E-state index contributed by atoms with van der Waals surface area (Å²) in [4.78, 5) is 9.14. The Morgan fingerprint density at radius 2 is 1.94 bits per heavy atom. The molecule has 33 heavy (non-hydrogen) atoms. The highest BCUT2D eigenvalue weighted by atomic mass is 32.2. The number of hydrogen-bond donors (Lipinski definition) is 1. The van der Waals surface area contributed by atoms with E-state index in [0.29, 0.717) is 24.4 Å². The molecule has 4 aromatic rings. The number of halogens is 1. The lowest BCUT2D eigenvalue weighted by Crippen LogP contribution is -2.07. The zero-order valence-electron chi connectivity index (χ0n) is 18.2. The molecular formula is C25H22FN3O3S. The topological polar surface area (TPSA) is 81.2 Å². The second-order valence-corrected chi connectivity index (χ2v) is 10.2. The monoisotopic (exact) mass is 463 g/mol. The Hall–Kier alpha value is -3.52. The van der Waals surface area contributed by atoms with Gasteiger partial charge >= 0.3 is 0 Å². The zero-order valence-corrected chi connectivity index (χ0v) is 19.0. The van der Waals surface area contributed by atoms with Gasteiger partial charge in [-0.3, -0.25) is 4.98 Å². The fourth-order valence-corrected chi connectivity index (χ4v) is 5.00. The van der Waals surface area contributed by atoms with Gasteiger partial charge in [0.05, 0.1) is 11.5 Å². The minimum atomic E-state index is -3.29. The molecule has 1 N–H and O–H groups in total. The molecule has 2 aromatic heterocycles. The molecule has 0 unspecified atom stereocenters. The number of sulfone groups is 1. The van der Waals surface area contributed by atoms with Gasteiger partial charge in [0.1, 0.15) is 17.4 Å². The third-order valence-corrected chi connectivity index (χ3v) is 7.09. The third kappa shape index (κ3) is 3.91. The number of fused-ring (bicyclic) bond motifs is 2. The Morgan fingerprint density at radius 1 is 1.09 bits per heavy atom. The smallest absolute Gasteiger partial charge is 0.175 e. The van der Waals surface area contributed by atoms with Crippen molar-refractivity contribution in [1.82, 2.24) is 9.97 Å². The van der Waals surface area contributed by atoms with Gasteiger partial charge < -0.3 is 10.1 Å². The molecule has 1 aliphatic rings. The number of rotatable bonds is 5. The molecule has 1 aliphatic heterocycles. The van der Waals surface area contributed by atoms with Gasteiger partial charge in [0.2, 0.25) is 0 Å². The molecule has 5 rings (SSSR count). The first-order valence-corrected chi connectivity index (χ1v) is 12.4. The molecule has 0 bridgehead atoms. The molecule has 8 heteroatoms. The van der Waals surface area contributed by atoms with Crippen molar-refractivity contribution in [3.63, 3.8) is 0 Å². The molecule has 0 saturated heterocycles. The van der Waals surface area contributed by atoms with Crippen LogP contribution in [0.4, 0.5) is 10.2 Å². The highest BCUT2D eigenvalue weighted by molar-refractivity contribution is 7.90. The Balaban J connectivity index is 1.53. The van der Waals surface area contributed by atoms with Crippen LogP contribution in [0, 0.1) is 12.7 Å². The van der Waals surface area contributed by atoms with E-state index < -0.39 is 9.84 Å². The van der Waals surface area contributed by atoms with E-state index >= 15 is 0 Å². The molecule has 6 nitrogen and oxygen atoms in total. The summed E-state index contributed by atoms with van der Waals surface area (Å²) in [7, 11) is -3.29. The number of benzene rings is 2. The van der Waals surface area contributed by atoms with Crippen molar-refractivity contribution in [2.45, 2.75) is 24.8 Å². The second-order valence-electron chi connectivity index (χ2n) is 8.15. The maximum absolute atomic E-state index is 14.5. The predicted octanol–water partition coefficient (Wildman–Crippen LogP) is 4.69. The van der Waals surface area contributed by atoms with Crippen molar-refractivity contribution in [2.24, 2.45) is 0 Å². The van der Waals surface area contributed by atoms with Crippen LogP contribution in [0.3, 0.4) is 0 Å². The van der Waals surface area contributed by atoms with Crippen LogP contribution in [0.25, 0.3) is 21.9 Å². The molecule has 2 aromatic carbocycles. The van der Waals surface area contributed by atoms with Crippen molar-refractivity contribution in [3.05, 3.63) is 77.5 Å². The van der Waals surface area contributed by atoms with Crippen LogP contribution in [0.2, 0.25) is 0 Å². The van der Waals surface area contributed by atoms with E-state index in [4.69, 9.17) is 4.74 Å². The molecule has 0 radical (unpaired) electrons. The number of ether oxygens (including phenoxy) is 1. The van der Waals surface area contributed by atoms with Crippen LogP contribution >= 0.6 is 0 Å². The summed E-state index contributed by atoms with van der Waals surface area (Å²) < 4.78 is 43.9. The summed E-state index contributed by atoms with van der Waals surface area (Å²) in [6.45, 7) is 2.71. The van der Waals surface area contributed by atoms with Crippen LogP contribution < -0.4 is 10.1 Å². The van der Waals surface area contributed by atoms with E-state index in [1.54, 1.807) is 42.9 Å².